The lowest BCUT2D eigenvalue weighted by atomic mass is 10.1. The molecule has 0 fully saturated rings. The Morgan fingerprint density at radius 1 is 1.11 bits per heavy atom. The molecule has 9 heavy (non-hydrogen) atoms. The summed E-state index contributed by atoms with van der Waals surface area (Å²) >= 11 is 0. The molecule has 0 heterocycles. The van der Waals surface area contributed by atoms with Crippen LogP contribution in [0.3, 0.4) is 0 Å². The molecule has 1 heteroatoms. The third kappa shape index (κ3) is 1.04. The first-order chi connectivity index (χ1) is 4.22. The molecule has 1 rings (SSSR count). The molecule has 1 aromatic carbocycles. The van der Waals surface area contributed by atoms with E-state index in [0.29, 0.717) is 0 Å². The van der Waals surface area contributed by atoms with Crippen molar-refractivity contribution in [1.82, 2.24) is 0 Å². The van der Waals surface area contributed by atoms with Crippen LogP contribution in [0.25, 0.3) is 0 Å². The molecule has 0 bridgehead atoms. The molecule has 0 saturated carbocycles. The molecule has 0 atom stereocenters. The van der Waals surface area contributed by atoms with Gasteiger partial charge in [0, 0.05) is 5.69 Å². The fourth-order valence-corrected chi connectivity index (χ4v) is 0.827. The van der Waals surface area contributed by atoms with E-state index in [1.165, 1.54) is 0 Å². The molecule has 0 aromatic heterocycles. The maximum Gasteiger partial charge on any atom is 0.0373 e. The van der Waals surface area contributed by atoms with Gasteiger partial charge in [-0.15, -0.1) is 0 Å². The molecular formula is C8H11N. The van der Waals surface area contributed by atoms with Gasteiger partial charge in [0.1, 0.15) is 0 Å². The van der Waals surface area contributed by atoms with Crippen LogP contribution >= 0.6 is 0 Å². The van der Waals surface area contributed by atoms with Crippen LogP contribution in [0.15, 0.2) is 18.2 Å². The van der Waals surface area contributed by atoms with Crippen molar-refractivity contribution in [3.63, 3.8) is 0 Å². The fourth-order valence-electron chi connectivity index (χ4n) is 0.827. The first-order valence-corrected chi connectivity index (χ1v) is 3.03. The van der Waals surface area contributed by atoms with Crippen LogP contribution in [0, 0.1) is 13.8 Å². The summed E-state index contributed by atoms with van der Waals surface area (Å²) in [5, 5.41) is 0. The van der Waals surface area contributed by atoms with Crippen molar-refractivity contribution in [3.8, 4) is 0 Å². The Kier molecular flexibility index (Phi) is 1.43. The van der Waals surface area contributed by atoms with Crippen LogP contribution in [-0.2, 0) is 0 Å². The van der Waals surface area contributed by atoms with Gasteiger partial charge in [0.05, 0.1) is 0 Å². The van der Waals surface area contributed by atoms with Crippen molar-refractivity contribution >= 4 is 5.69 Å². The maximum atomic E-state index is 5.68. The van der Waals surface area contributed by atoms with Crippen molar-refractivity contribution in [1.29, 1.82) is 0 Å². The number of anilines is 1. The molecule has 0 aliphatic heterocycles. The van der Waals surface area contributed by atoms with Gasteiger partial charge in [-0.25, -0.2) is 0 Å². The summed E-state index contributed by atoms with van der Waals surface area (Å²) in [5.41, 5.74) is 8.92. The molecule has 2 N–H and O–H groups in total. The molecule has 0 saturated heterocycles. The highest BCUT2D eigenvalue weighted by atomic mass is 15.3. The van der Waals surface area contributed by atoms with E-state index in [1.54, 1.807) is 0 Å². The summed E-state index contributed by atoms with van der Waals surface area (Å²) in [6.07, 6.45) is 0. The minimum absolute atomic E-state index is 0.914. The number of para-hydroxylation sites is 1. The third-order valence-electron chi connectivity index (χ3n) is 1.54. The quantitative estimate of drug-likeness (QED) is 0.412. The molecule has 0 amide bonds. The Bertz CT molecular complexity index is 196. The normalized spacial score (nSPS) is 9.56. The van der Waals surface area contributed by atoms with Crippen molar-refractivity contribution in [3.05, 3.63) is 29.3 Å². The van der Waals surface area contributed by atoms with Gasteiger partial charge >= 0.3 is 0 Å². The second kappa shape index (κ2) is 2.09. The molecule has 0 aliphatic rings. The van der Waals surface area contributed by atoms with E-state index >= 15 is 0 Å². The molecular weight excluding hydrogens is 111 g/mol. The summed E-state index contributed by atoms with van der Waals surface area (Å²) in [4.78, 5) is 0. The van der Waals surface area contributed by atoms with Gasteiger partial charge in [-0.05, 0) is 25.0 Å². The number of hydrogen-bond acceptors (Lipinski definition) is 1. The lowest BCUT2D eigenvalue weighted by Crippen LogP contribution is -1.91. The standard InChI is InChI=1S/C8H11N/c1-6-4-3-5-7(2)8(6)9/h3-5H,9H2,1-2H3/i9+1. The van der Waals surface area contributed by atoms with Crippen LogP contribution in [0.5, 0.6) is 0 Å². The number of benzene rings is 1. The van der Waals surface area contributed by atoms with Gasteiger partial charge in [-0.2, -0.15) is 0 Å². The van der Waals surface area contributed by atoms with E-state index in [2.05, 4.69) is 0 Å². The van der Waals surface area contributed by atoms with Crippen LogP contribution in [-0.4, -0.2) is 0 Å². The molecule has 48 valence electrons. The Morgan fingerprint density at radius 3 is 1.89 bits per heavy atom. The third-order valence-corrected chi connectivity index (χ3v) is 1.54. The van der Waals surface area contributed by atoms with Crippen molar-refractivity contribution in [2.75, 3.05) is 5.73 Å². The molecule has 0 aliphatic carbocycles. The summed E-state index contributed by atoms with van der Waals surface area (Å²) < 4.78 is 0. The van der Waals surface area contributed by atoms with Gasteiger partial charge < -0.3 is 5.73 Å². The number of hydrogen-bond donors (Lipinski definition) is 1. The van der Waals surface area contributed by atoms with E-state index in [0.717, 1.165) is 16.8 Å². The Balaban J connectivity index is 3.25. The first-order valence-electron chi connectivity index (χ1n) is 3.03. The zero-order valence-corrected chi connectivity index (χ0v) is 5.81. The fraction of sp³-hybridized carbons (Fsp3) is 0.250. The van der Waals surface area contributed by atoms with Gasteiger partial charge in [-0.1, -0.05) is 18.2 Å². The first kappa shape index (κ1) is 6.14. The second-order valence-electron chi connectivity index (χ2n) is 2.31. The van der Waals surface area contributed by atoms with Crippen molar-refractivity contribution < 1.29 is 0 Å². The minimum atomic E-state index is 0.914. The predicted octanol–water partition coefficient (Wildman–Crippen LogP) is 1.89. The van der Waals surface area contributed by atoms with Gasteiger partial charge in [-0.3, -0.25) is 0 Å². The zero-order valence-electron chi connectivity index (χ0n) is 5.81. The Labute approximate surface area is 55.5 Å². The number of rotatable bonds is 0. The lowest BCUT2D eigenvalue weighted by molar-refractivity contribution is 1.39. The zero-order chi connectivity index (χ0) is 6.85. The smallest absolute Gasteiger partial charge is 0.0373 e. The average molecular weight is 122 g/mol. The number of nitrogens with two attached hydrogens (primary N) is 1. The molecule has 1 nitrogen and oxygen atoms in total. The summed E-state index contributed by atoms with van der Waals surface area (Å²) in [6, 6.07) is 6.05. The second-order valence-corrected chi connectivity index (χ2v) is 2.31. The minimum Gasteiger partial charge on any atom is -0.398 e. The molecule has 0 unspecified atom stereocenters. The molecule has 0 radical (unpaired) electrons. The van der Waals surface area contributed by atoms with Crippen molar-refractivity contribution in [2.45, 2.75) is 13.8 Å². The highest BCUT2D eigenvalue weighted by Crippen LogP contribution is 2.13. The van der Waals surface area contributed by atoms with Crippen LogP contribution in [0.2, 0.25) is 0 Å². The van der Waals surface area contributed by atoms with Gasteiger partial charge in [0.2, 0.25) is 0 Å². The van der Waals surface area contributed by atoms with Crippen LogP contribution in [0.1, 0.15) is 11.1 Å². The van der Waals surface area contributed by atoms with Gasteiger partial charge in [0.25, 0.3) is 0 Å². The van der Waals surface area contributed by atoms with Gasteiger partial charge in [0.15, 0.2) is 0 Å². The highest BCUT2D eigenvalue weighted by Gasteiger charge is 1.92. The molecule has 1 aromatic rings. The Morgan fingerprint density at radius 2 is 1.56 bits per heavy atom. The highest BCUT2D eigenvalue weighted by molar-refractivity contribution is 5.52. The average Bonchev–Trinajstić information content (AvgIpc) is 1.83. The van der Waals surface area contributed by atoms with Crippen LogP contribution < -0.4 is 5.73 Å². The van der Waals surface area contributed by atoms with E-state index in [4.69, 9.17) is 5.73 Å². The van der Waals surface area contributed by atoms with Crippen molar-refractivity contribution in [2.24, 2.45) is 0 Å². The summed E-state index contributed by atoms with van der Waals surface area (Å²) in [6.45, 7) is 4.03. The largest absolute Gasteiger partial charge is 0.398 e. The summed E-state index contributed by atoms with van der Waals surface area (Å²) in [5.74, 6) is 0. The number of nitrogen functional groups attached to an aromatic ring is 1. The topological polar surface area (TPSA) is 26.0 Å². The van der Waals surface area contributed by atoms with E-state index in [-0.39, 0.29) is 0 Å². The van der Waals surface area contributed by atoms with E-state index in [1.807, 2.05) is 32.0 Å². The monoisotopic (exact) mass is 122 g/mol. The SMILES string of the molecule is Cc1cccc(C)c1[15NH2]. The summed E-state index contributed by atoms with van der Waals surface area (Å²) in [7, 11) is 0. The van der Waals surface area contributed by atoms with E-state index in [9.17, 15) is 0 Å². The maximum absolute atomic E-state index is 5.68. The van der Waals surface area contributed by atoms with Crippen LogP contribution in [0.4, 0.5) is 5.69 Å². The number of aryl methyl sites for hydroxylation is 2. The van der Waals surface area contributed by atoms with E-state index < -0.39 is 0 Å². The molecule has 0 spiro atoms. The predicted molar refractivity (Wildman–Crippen MR) is 40.3 cm³/mol. The lowest BCUT2D eigenvalue weighted by Gasteiger charge is -2.00. The Hall–Kier alpha value is -0.980.